The van der Waals surface area contributed by atoms with Crippen molar-refractivity contribution in [1.29, 1.82) is 0 Å². The molecule has 0 aliphatic rings. The Balaban J connectivity index is 2.21. The molecule has 0 atom stereocenters. The number of hydrogen-bond acceptors (Lipinski definition) is 5. The third kappa shape index (κ3) is 2.32. The first kappa shape index (κ1) is 12.1. The topological polar surface area (TPSA) is 46.8 Å². The normalized spacial score (nSPS) is 10.9. The molecule has 0 unspecified atom stereocenters. The van der Waals surface area contributed by atoms with Gasteiger partial charge in [0, 0.05) is 38.9 Å². The van der Waals surface area contributed by atoms with Crippen molar-refractivity contribution < 1.29 is 9.53 Å². The van der Waals surface area contributed by atoms with E-state index in [0.717, 1.165) is 30.0 Å². The molecule has 92 valence electrons. The average molecular weight is 253 g/mol. The summed E-state index contributed by atoms with van der Waals surface area (Å²) in [5.74, 6) is 0.739. The number of hydrogen-bond donors (Lipinski definition) is 0. The third-order valence-corrected chi connectivity index (χ3v) is 3.35. The van der Waals surface area contributed by atoms with E-state index in [1.54, 1.807) is 7.11 Å². The molecule has 0 spiro atoms. The predicted octanol–water partition coefficient (Wildman–Crippen LogP) is 1.68. The molecule has 17 heavy (non-hydrogen) atoms. The largest absolute Gasteiger partial charge is 0.385 e. The molecular weight excluding hydrogens is 238 g/mol. The molecule has 5 nitrogen and oxygen atoms in total. The molecule has 0 fully saturated rings. The van der Waals surface area contributed by atoms with E-state index >= 15 is 0 Å². The number of rotatable bonds is 6. The summed E-state index contributed by atoms with van der Waals surface area (Å²) in [6.07, 6.45) is 3.63. The first-order valence-electron chi connectivity index (χ1n) is 5.38. The van der Waals surface area contributed by atoms with E-state index in [4.69, 9.17) is 4.74 Å². The van der Waals surface area contributed by atoms with Crippen molar-refractivity contribution in [3.8, 4) is 0 Å². The Bertz CT molecular complexity index is 506. The molecular formula is C11H15N3O2S. The van der Waals surface area contributed by atoms with Gasteiger partial charge in [-0.3, -0.25) is 9.20 Å². The molecule has 2 heterocycles. The van der Waals surface area contributed by atoms with Crippen molar-refractivity contribution in [1.82, 2.24) is 9.38 Å². The summed E-state index contributed by atoms with van der Waals surface area (Å²) in [6, 6.07) is 0. The van der Waals surface area contributed by atoms with E-state index in [1.165, 1.54) is 11.3 Å². The van der Waals surface area contributed by atoms with Gasteiger partial charge in [-0.25, -0.2) is 4.98 Å². The van der Waals surface area contributed by atoms with Crippen molar-refractivity contribution in [2.24, 2.45) is 0 Å². The van der Waals surface area contributed by atoms with Gasteiger partial charge in [-0.2, -0.15) is 0 Å². The Hall–Kier alpha value is -1.40. The second kappa shape index (κ2) is 5.29. The second-order valence-corrected chi connectivity index (χ2v) is 4.64. The molecule has 0 amide bonds. The highest BCUT2D eigenvalue weighted by molar-refractivity contribution is 7.15. The van der Waals surface area contributed by atoms with Crippen LogP contribution in [0.5, 0.6) is 0 Å². The zero-order valence-corrected chi connectivity index (χ0v) is 10.7. The van der Waals surface area contributed by atoms with Gasteiger partial charge >= 0.3 is 0 Å². The van der Waals surface area contributed by atoms with Crippen LogP contribution >= 0.6 is 11.3 Å². The smallest absolute Gasteiger partial charge is 0.196 e. The number of aromatic nitrogens is 2. The number of fused-ring (bicyclic) bond motifs is 1. The minimum absolute atomic E-state index is 0.612. The quantitative estimate of drug-likeness (QED) is 0.580. The molecule has 2 aromatic heterocycles. The van der Waals surface area contributed by atoms with E-state index in [9.17, 15) is 4.79 Å². The highest BCUT2D eigenvalue weighted by Crippen LogP contribution is 2.22. The van der Waals surface area contributed by atoms with Crippen molar-refractivity contribution in [2.45, 2.75) is 6.42 Å². The highest BCUT2D eigenvalue weighted by Gasteiger charge is 2.15. The molecule has 0 aliphatic heterocycles. The zero-order valence-electron chi connectivity index (χ0n) is 9.92. The number of anilines is 1. The Morgan fingerprint density at radius 3 is 3.18 bits per heavy atom. The van der Waals surface area contributed by atoms with Crippen molar-refractivity contribution in [3.63, 3.8) is 0 Å². The molecule has 0 saturated heterocycles. The molecule has 2 aromatic rings. The Labute approximate surface area is 104 Å². The molecule has 0 aromatic carbocycles. The van der Waals surface area contributed by atoms with Gasteiger partial charge in [-0.05, 0) is 6.42 Å². The van der Waals surface area contributed by atoms with Crippen LogP contribution in [-0.4, -0.2) is 43.0 Å². The van der Waals surface area contributed by atoms with Crippen LogP contribution < -0.4 is 4.90 Å². The number of carbonyl (C=O) groups excluding carboxylic acids is 1. The lowest BCUT2D eigenvalue weighted by molar-refractivity contribution is 0.111. The minimum Gasteiger partial charge on any atom is -0.385 e. The molecule has 0 N–H and O–H groups in total. The summed E-state index contributed by atoms with van der Waals surface area (Å²) in [6.45, 7) is 1.53. The second-order valence-electron chi connectivity index (χ2n) is 3.76. The minimum atomic E-state index is 0.612. The maximum atomic E-state index is 11.1. The van der Waals surface area contributed by atoms with Crippen LogP contribution in [0.4, 0.5) is 5.82 Å². The Kier molecular flexibility index (Phi) is 3.75. The molecule has 0 aliphatic carbocycles. The standard InChI is InChI=1S/C11H15N3O2S/c1-13(4-3-6-16-2)10-9(8-15)14-5-7-17-11(14)12-10/h5,7-8H,3-4,6H2,1-2H3. The number of imidazole rings is 1. The van der Waals surface area contributed by atoms with Crippen LogP contribution in [0.2, 0.25) is 0 Å². The summed E-state index contributed by atoms with van der Waals surface area (Å²) in [5, 5.41) is 1.92. The Morgan fingerprint density at radius 2 is 2.47 bits per heavy atom. The predicted molar refractivity (Wildman–Crippen MR) is 68.2 cm³/mol. The molecule has 0 bridgehead atoms. The van der Waals surface area contributed by atoms with Crippen molar-refractivity contribution in [2.75, 3.05) is 32.2 Å². The number of methoxy groups -OCH3 is 1. The lowest BCUT2D eigenvalue weighted by Gasteiger charge is -2.16. The van der Waals surface area contributed by atoms with Gasteiger partial charge < -0.3 is 9.64 Å². The summed E-state index contributed by atoms with van der Waals surface area (Å²) >= 11 is 1.53. The van der Waals surface area contributed by atoms with Gasteiger partial charge in [0.25, 0.3) is 0 Å². The lowest BCUT2D eigenvalue weighted by atomic mass is 10.3. The van der Waals surface area contributed by atoms with Gasteiger partial charge in [-0.15, -0.1) is 11.3 Å². The van der Waals surface area contributed by atoms with Crippen LogP contribution in [0.1, 0.15) is 16.9 Å². The number of aldehydes is 1. The van der Waals surface area contributed by atoms with Crippen molar-refractivity contribution >= 4 is 28.4 Å². The van der Waals surface area contributed by atoms with E-state index in [1.807, 2.05) is 27.9 Å². The van der Waals surface area contributed by atoms with Gasteiger partial charge in [0.2, 0.25) is 0 Å². The zero-order chi connectivity index (χ0) is 12.3. The molecule has 6 heteroatoms. The average Bonchev–Trinajstić information content (AvgIpc) is 2.88. The fourth-order valence-corrected chi connectivity index (χ4v) is 2.45. The Morgan fingerprint density at radius 1 is 1.65 bits per heavy atom. The summed E-state index contributed by atoms with van der Waals surface area (Å²) in [7, 11) is 3.62. The summed E-state index contributed by atoms with van der Waals surface area (Å²) in [5.41, 5.74) is 0.612. The van der Waals surface area contributed by atoms with Crippen molar-refractivity contribution in [3.05, 3.63) is 17.3 Å². The number of nitrogens with zero attached hydrogens (tertiary/aromatic N) is 3. The molecule has 0 saturated carbocycles. The summed E-state index contributed by atoms with van der Waals surface area (Å²) in [4.78, 5) is 18.4. The SMILES string of the molecule is COCCCN(C)c1nc2sccn2c1C=O. The van der Waals surface area contributed by atoms with Crippen LogP contribution in [0.3, 0.4) is 0 Å². The van der Waals surface area contributed by atoms with E-state index in [0.29, 0.717) is 12.3 Å². The monoisotopic (exact) mass is 253 g/mol. The third-order valence-electron chi connectivity index (χ3n) is 2.59. The highest BCUT2D eigenvalue weighted by atomic mass is 32.1. The number of thiazole rings is 1. The van der Waals surface area contributed by atoms with Gasteiger partial charge in [-0.1, -0.05) is 0 Å². The van der Waals surface area contributed by atoms with Crippen LogP contribution in [0.25, 0.3) is 4.96 Å². The van der Waals surface area contributed by atoms with Crippen LogP contribution in [0, 0.1) is 0 Å². The van der Waals surface area contributed by atoms with E-state index < -0.39 is 0 Å². The van der Waals surface area contributed by atoms with Gasteiger partial charge in [0.05, 0.1) is 0 Å². The van der Waals surface area contributed by atoms with E-state index in [-0.39, 0.29) is 0 Å². The van der Waals surface area contributed by atoms with Crippen LogP contribution in [0.15, 0.2) is 11.6 Å². The maximum absolute atomic E-state index is 11.1. The number of ether oxygens (including phenoxy) is 1. The first-order valence-corrected chi connectivity index (χ1v) is 6.26. The maximum Gasteiger partial charge on any atom is 0.196 e. The molecule has 2 rings (SSSR count). The van der Waals surface area contributed by atoms with E-state index in [2.05, 4.69) is 4.98 Å². The lowest BCUT2D eigenvalue weighted by Crippen LogP contribution is -2.21. The van der Waals surface area contributed by atoms with Gasteiger partial charge in [0.1, 0.15) is 5.69 Å². The number of carbonyl (C=O) groups is 1. The first-order chi connectivity index (χ1) is 8.27. The fraction of sp³-hybridized carbons (Fsp3) is 0.455. The molecule has 0 radical (unpaired) electrons. The van der Waals surface area contributed by atoms with Gasteiger partial charge in [0.15, 0.2) is 17.1 Å². The summed E-state index contributed by atoms with van der Waals surface area (Å²) < 4.78 is 6.83. The van der Waals surface area contributed by atoms with Crippen LogP contribution in [-0.2, 0) is 4.74 Å². The fourth-order valence-electron chi connectivity index (χ4n) is 1.73.